The fourth-order valence-electron chi connectivity index (χ4n) is 0.582. The molecule has 0 saturated carbocycles. The second-order valence-electron chi connectivity index (χ2n) is 2.27. The first kappa shape index (κ1) is 18.8. The van der Waals surface area contributed by atoms with Crippen molar-refractivity contribution in [3.05, 3.63) is 43.9 Å². The summed E-state index contributed by atoms with van der Waals surface area (Å²) in [7, 11) is 0. The maximum Gasteiger partial charge on any atom is 2.00 e. The van der Waals surface area contributed by atoms with Crippen LogP contribution in [0.4, 0.5) is 8.78 Å². The smallest absolute Gasteiger partial charge is 0.425 e. The van der Waals surface area contributed by atoms with Crippen molar-refractivity contribution >= 4 is 0 Å². The van der Waals surface area contributed by atoms with Gasteiger partial charge in [0, 0.05) is 0 Å². The minimum atomic E-state index is -1.00. The maximum atomic E-state index is 9.50. The fourth-order valence-corrected chi connectivity index (χ4v) is 0.582. The Bertz CT molecular complexity index is 151. The molecule has 0 aliphatic rings. The van der Waals surface area contributed by atoms with Crippen LogP contribution in [-0.4, -0.2) is 0 Å². The molecule has 0 unspecified atom stereocenters. The molecular formula is C10H14F2U. The summed E-state index contributed by atoms with van der Waals surface area (Å²) in [6, 6.07) is 0. The molecule has 72 valence electrons. The molecule has 0 heterocycles. The number of halogens is 2. The molecule has 0 atom stereocenters. The average Bonchev–Trinajstić information content (AvgIpc) is 2.01. The third-order valence-corrected chi connectivity index (χ3v) is 1.12. The summed E-state index contributed by atoms with van der Waals surface area (Å²) in [6.45, 7) is 10.4. The largest absolute Gasteiger partial charge is 2.00 e. The molecule has 0 fully saturated rings. The van der Waals surface area contributed by atoms with E-state index in [1.54, 1.807) is 6.08 Å². The zero-order chi connectivity index (χ0) is 9.98. The van der Waals surface area contributed by atoms with Crippen LogP contribution in [0.25, 0.3) is 0 Å². The van der Waals surface area contributed by atoms with Crippen molar-refractivity contribution < 1.29 is 39.9 Å². The summed E-state index contributed by atoms with van der Waals surface area (Å²) in [4.78, 5) is 0. The van der Waals surface area contributed by atoms with Crippen LogP contribution in [0.1, 0.15) is 13.8 Å². The van der Waals surface area contributed by atoms with Gasteiger partial charge in [0.25, 0.3) is 0 Å². The first-order valence-electron chi connectivity index (χ1n) is 3.51. The van der Waals surface area contributed by atoms with Crippen LogP contribution in [0.5, 0.6) is 0 Å². The van der Waals surface area contributed by atoms with Gasteiger partial charge in [-0.15, -0.1) is 6.58 Å². The molecule has 3 heteroatoms. The zero-order valence-corrected chi connectivity index (χ0v) is 12.1. The summed E-state index contributed by atoms with van der Waals surface area (Å²) in [6.07, 6.45) is 6.53. The van der Waals surface area contributed by atoms with Gasteiger partial charge in [-0.05, 0) is 6.93 Å². The van der Waals surface area contributed by atoms with Crippen molar-refractivity contribution in [2.24, 2.45) is 5.92 Å². The molecule has 0 radical (unpaired) electrons. The van der Waals surface area contributed by atoms with E-state index in [2.05, 4.69) is 33.1 Å². The van der Waals surface area contributed by atoms with Crippen molar-refractivity contribution in [2.45, 2.75) is 13.8 Å². The Morgan fingerprint density at radius 1 is 1.46 bits per heavy atom. The molecule has 0 spiro atoms. The van der Waals surface area contributed by atoms with Crippen LogP contribution in [0.2, 0.25) is 0 Å². The predicted molar refractivity (Wildman–Crippen MR) is 48.5 cm³/mol. The monoisotopic (exact) mass is 410 g/mol. The molecule has 0 aliphatic heterocycles. The molecule has 0 aliphatic carbocycles. The van der Waals surface area contributed by atoms with Crippen LogP contribution in [0.3, 0.4) is 0 Å². The van der Waals surface area contributed by atoms with Crippen LogP contribution in [-0.2, 0) is 0 Å². The molecule has 0 saturated heterocycles. The van der Waals surface area contributed by atoms with Crippen molar-refractivity contribution in [2.75, 3.05) is 0 Å². The second-order valence-corrected chi connectivity index (χ2v) is 2.27. The Morgan fingerprint density at radius 2 is 1.85 bits per heavy atom. The SMILES string of the molecule is C=[C-]/C(=C\C=C)C(C)C.F[CH-]F.[U+2]. The van der Waals surface area contributed by atoms with Crippen molar-refractivity contribution in [3.63, 3.8) is 0 Å². The summed E-state index contributed by atoms with van der Waals surface area (Å²) in [5.74, 6) is 0.500. The van der Waals surface area contributed by atoms with Gasteiger partial charge >= 0.3 is 31.1 Å². The van der Waals surface area contributed by atoms with E-state index in [0.29, 0.717) is 5.92 Å². The topological polar surface area (TPSA) is 0 Å². The minimum absolute atomic E-state index is 0. The second kappa shape index (κ2) is 14.6. The molecule has 0 N–H and O–H groups in total. The van der Waals surface area contributed by atoms with E-state index in [1.807, 2.05) is 6.08 Å². The Kier molecular flexibility index (Phi) is 21.2. The van der Waals surface area contributed by atoms with Crippen LogP contribution >= 0.6 is 0 Å². The fraction of sp³-hybridized carbons (Fsp3) is 0.300. The van der Waals surface area contributed by atoms with E-state index in [-0.39, 0.29) is 31.1 Å². The molecule has 0 aromatic heterocycles. The van der Waals surface area contributed by atoms with Gasteiger partial charge in [0.05, 0.1) is 0 Å². The first-order chi connectivity index (χ1) is 5.63. The Morgan fingerprint density at radius 3 is 1.92 bits per heavy atom. The number of allylic oxidation sites excluding steroid dienone is 4. The molecule has 0 bridgehead atoms. The normalized spacial score (nSPS) is 9.46. The van der Waals surface area contributed by atoms with E-state index in [0.717, 1.165) is 5.57 Å². The van der Waals surface area contributed by atoms with E-state index in [4.69, 9.17) is 0 Å². The number of rotatable bonds is 3. The molecule has 0 aromatic rings. The van der Waals surface area contributed by atoms with Gasteiger partial charge in [-0.1, -0.05) is 19.8 Å². The Hall–Kier alpha value is 0.132. The van der Waals surface area contributed by atoms with Gasteiger partial charge in [0.1, 0.15) is 0 Å². The maximum absolute atomic E-state index is 9.50. The van der Waals surface area contributed by atoms with Crippen molar-refractivity contribution in [1.29, 1.82) is 0 Å². The van der Waals surface area contributed by atoms with Crippen molar-refractivity contribution in [3.8, 4) is 0 Å². The summed E-state index contributed by atoms with van der Waals surface area (Å²) in [5, 5.41) is 0. The Labute approximate surface area is 103 Å². The van der Waals surface area contributed by atoms with Gasteiger partial charge in [-0.3, -0.25) is 6.08 Å². The molecule has 0 rings (SSSR count). The molecule has 13 heavy (non-hydrogen) atoms. The quantitative estimate of drug-likeness (QED) is 0.491. The van der Waals surface area contributed by atoms with E-state index in [9.17, 15) is 8.78 Å². The third-order valence-electron chi connectivity index (χ3n) is 1.12. The zero-order valence-electron chi connectivity index (χ0n) is 7.98. The summed E-state index contributed by atoms with van der Waals surface area (Å²) < 4.78 is 19.0. The van der Waals surface area contributed by atoms with Crippen LogP contribution < -0.4 is 0 Å². The van der Waals surface area contributed by atoms with Gasteiger partial charge in [-0.2, -0.15) is 12.7 Å². The predicted octanol–water partition coefficient (Wildman–Crippen LogP) is 3.79. The average molecular weight is 410 g/mol. The molecule has 0 amide bonds. The minimum Gasteiger partial charge on any atom is -0.425 e. The van der Waals surface area contributed by atoms with Gasteiger partial charge < -0.3 is 8.78 Å². The van der Waals surface area contributed by atoms with Crippen LogP contribution in [0.15, 0.2) is 30.9 Å². The molecular weight excluding hydrogens is 396 g/mol. The van der Waals surface area contributed by atoms with Gasteiger partial charge in [0.2, 0.25) is 0 Å². The standard InChI is InChI=1S/C9H13.CHF2.U/c1-5-7-9(6-2)8(3)4;2-1-3;/h5,7-8H,1-2H2,3-4H3;1H;/q2*-1;+2/b9-7+;;. The molecule has 0 aromatic carbocycles. The van der Waals surface area contributed by atoms with E-state index < -0.39 is 6.93 Å². The van der Waals surface area contributed by atoms with Crippen LogP contribution in [0, 0.1) is 50.0 Å². The summed E-state index contributed by atoms with van der Waals surface area (Å²) >= 11 is 0. The first-order valence-corrected chi connectivity index (χ1v) is 3.51. The van der Waals surface area contributed by atoms with E-state index in [1.165, 1.54) is 0 Å². The van der Waals surface area contributed by atoms with E-state index >= 15 is 0 Å². The Balaban J connectivity index is -0.000000220. The van der Waals surface area contributed by atoms with Gasteiger partial charge in [-0.25, -0.2) is 11.6 Å². The molecule has 0 nitrogen and oxygen atoms in total. The van der Waals surface area contributed by atoms with Crippen molar-refractivity contribution in [1.82, 2.24) is 0 Å². The third kappa shape index (κ3) is 14.9. The van der Waals surface area contributed by atoms with Gasteiger partial charge in [0.15, 0.2) is 0 Å². The summed E-state index contributed by atoms with van der Waals surface area (Å²) in [5.41, 5.74) is 1.12. The number of hydrogen-bond acceptors (Lipinski definition) is 0. The number of hydrogen-bond donors (Lipinski definition) is 0.